The van der Waals surface area contributed by atoms with Crippen molar-refractivity contribution < 1.29 is 0 Å². The molecule has 112 valence electrons. The maximum atomic E-state index is 5.91. The van der Waals surface area contributed by atoms with E-state index in [0.717, 1.165) is 13.0 Å². The summed E-state index contributed by atoms with van der Waals surface area (Å²) in [7, 11) is 0. The van der Waals surface area contributed by atoms with Gasteiger partial charge in [-0.1, -0.05) is 23.8 Å². The topological polar surface area (TPSA) is 29.3 Å². The second kappa shape index (κ2) is 6.77. The van der Waals surface area contributed by atoms with Crippen LogP contribution in [-0.4, -0.2) is 12.6 Å². The Labute approximate surface area is 128 Å². The van der Waals surface area contributed by atoms with Crippen LogP contribution in [-0.2, 0) is 6.42 Å². The molecule has 0 aromatic heterocycles. The molecule has 0 aliphatic carbocycles. The summed E-state index contributed by atoms with van der Waals surface area (Å²) in [6.07, 6.45) is 0.933. The van der Waals surface area contributed by atoms with Crippen LogP contribution in [0.4, 0.5) is 11.4 Å². The van der Waals surface area contributed by atoms with Crippen LogP contribution in [0.1, 0.15) is 30.5 Å². The first-order chi connectivity index (χ1) is 10.0. The van der Waals surface area contributed by atoms with Gasteiger partial charge in [0.25, 0.3) is 0 Å². The van der Waals surface area contributed by atoms with Gasteiger partial charge in [-0.3, -0.25) is 0 Å². The second-order valence-electron chi connectivity index (χ2n) is 5.87. The minimum absolute atomic E-state index is 0.203. The Morgan fingerprint density at radius 2 is 1.62 bits per heavy atom. The van der Waals surface area contributed by atoms with Crippen molar-refractivity contribution in [3.63, 3.8) is 0 Å². The van der Waals surface area contributed by atoms with Crippen LogP contribution in [0.5, 0.6) is 0 Å². The SMILES string of the molecule is CCN(c1ccc(C)cc1)c1ccc(CC(C)N)c(C)c1. The maximum absolute atomic E-state index is 5.91. The molecule has 2 rings (SSSR count). The average molecular weight is 282 g/mol. The number of rotatable bonds is 5. The molecule has 0 radical (unpaired) electrons. The molecular weight excluding hydrogens is 256 g/mol. The third kappa shape index (κ3) is 3.85. The number of nitrogens with zero attached hydrogens (tertiary/aromatic N) is 1. The van der Waals surface area contributed by atoms with Crippen molar-refractivity contribution in [3.05, 3.63) is 59.2 Å². The summed E-state index contributed by atoms with van der Waals surface area (Å²) in [4.78, 5) is 2.34. The third-order valence-electron chi connectivity index (χ3n) is 3.84. The Hall–Kier alpha value is -1.80. The summed E-state index contributed by atoms with van der Waals surface area (Å²) >= 11 is 0. The van der Waals surface area contributed by atoms with E-state index in [0.29, 0.717) is 0 Å². The first-order valence-corrected chi connectivity index (χ1v) is 7.70. The molecule has 0 fully saturated rings. The summed E-state index contributed by atoms with van der Waals surface area (Å²) in [5.74, 6) is 0. The monoisotopic (exact) mass is 282 g/mol. The summed E-state index contributed by atoms with van der Waals surface area (Å²) < 4.78 is 0. The quantitative estimate of drug-likeness (QED) is 0.883. The van der Waals surface area contributed by atoms with Gasteiger partial charge in [-0.2, -0.15) is 0 Å². The second-order valence-corrected chi connectivity index (χ2v) is 5.87. The Balaban J connectivity index is 2.30. The highest BCUT2D eigenvalue weighted by atomic mass is 15.1. The van der Waals surface area contributed by atoms with Crippen molar-refractivity contribution in [2.24, 2.45) is 5.73 Å². The zero-order valence-corrected chi connectivity index (χ0v) is 13.6. The molecule has 2 heteroatoms. The molecular formula is C19H26N2. The largest absolute Gasteiger partial charge is 0.342 e. The van der Waals surface area contributed by atoms with E-state index in [1.165, 1.54) is 28.1 Å². The molecule has 21 heavy (non-hydrogen) atoms. The van der Waals surface area contributed by atoms with Crippen molar-refractivity contribution in [3.8, 4) is 0 Å². The van der Waals surface area contributed by atoms with Crippen molar-refractivity contribution in [2.45, 2.75) is 40.2 Å². The normalized spacial score (nSPS) is 12.2. The molecule has 0 aliphatic heterocycles. The minimum Gasteiger partial charge on any atom is -0.342 e. The fraction of sp³-hybridized carbons (Fsp3) is 0.368. The minimum atomic E-state index is 0.203. The van der Waals surface area contributed by atoms with Crippen molar-refractivity contribution in [1.82, 2.24) is 0 Å². The molecule has 0 heterocycles. The van der Waals surface area contributed by atoms with E-state index in [1.54, 1.807) is 0 Å². The standard InChI is InChI=1S/C19H26N2/c1-5-21(18-9-6-14(2)7-10-18)19-11-8-17(13-16(4)20)15(3)12-19/h6-12,16H,5,13,20H2,1-4H3. The van der Waals surface area contributed by atoms with Gasteiger partial charge in [0.2, 0.25) is 0 Å². The van der Waals surface area contributed by atoms with Gasteiger partial charge in [-0.05, 0) is 69.5 Å². The number of benzene rings is 2. The Morgan fingerprint density at radius 1 is 1.00 bits per heavy atom. The number of hydrogen-bond acceptors (Lipinski definition) is 2. The molecule has 0 amide bonds. The predicted molar refractivity (Wildman–Crippen MR) is 92.4 cm³/mol. The van der Waals surface area contributed by atoms with Gasteiger partial charge in [-0.25, -0.2) is 0 Å². The van der Waals surface area contributed by atoms with E-state index in [2.05, 4.69) is 75.1 Å². The van der Waals surface area contributed by atoms with Crippen LogP contribution in [0.2, 0.25) is 0 Å². The number of nitrogens with two attached hydrogens (primary N) is 1. The lowest BCUT2D eigenvalue weighted by molar-refractivity contribution is 0.735. The van der Waals surface area contributed by atoms with Gasteiger partial charge in [-0.15, -0.1) is 0 Å². The lowest BCUT2D eigenvalue weighted by Crippen LogP contribution is -2.19. The van der Waals surface area contributed by atoms with Gasteiger partial charge >= 0.3 is 0 Å². The fourth-order valence-corrected chi connectivity index (χ4v) is 2.66. The molecule has 2 aromatic rings. The third-order valence-corrected chi connectivity index (χ3v) is 3.84. The highest BCUT2D eigenvalue weighted by Crippen LogP contribution is 2.27. The van der Waals surface area contributed by atoms with Crippen LogP contribution in [0.15, 0.2) is 42.5 Å². The first kappa shape index (κ1) is 15.6. The van der Waals surface area contributed by atoms with Gasteiger partial charge < -0.3 is 10.6 Å². The number of aryl methyl sites for hydroxylation is 2. The van der Waals surface area contributed by atoms with Crippen LogP contribution >= 0.6 is 0 Å². The van der Waals surface area contributed by atoms with E-state index in [-0.39, 0.29) is 6.04 Å². The number of hydrogen-bond donors (Lipinski definition) is 1. The van der Waals surface area contributed by atoms with E-state index in [9.17, 15) is 0 Å². The molecule has 2 nitrogen and oxygen atoms in total. The van der Waals surface area contributed by atoms with Crippen LogP contribution in [0, 0.1) is 13.8 Å². The van der Waals surface area contributed by atoms with Gasteiger partial charge in [0, 0.05) is 24.0 Å². The summed E-state index contributed by atoms with van der Waals surface area (Å²) in [5.41, 5.74) is 12.3. The first-order valence-electron chi connectivity index (χ1n) is 7.70. The van der Waals surface area contributed by atoms with Crippen LogP contribution in [0.3, 0.4) is 0 Å². The molecule has 0 spiro atoms. The summed E-state index contributed by atoms with van der Waals surface area (Å²) in [5, 5.41) is 0. The fourth-order valence-electron chi connectivity index (χ4n) is 2.66. The molecule has 0 saturated carbocycles. The van der Waals surface area contributed by atoms with Crippen LogP contribution in [0.25, 0.3) is 0 Å². The Kier molecular flexibility index (Phi) is 5.03. The van der Waals surface area contributed by atoms with Gasteiger partial charge in [0.05, 0.1) is 0 Å². The number of anilines is 2. The Morgan fingerprint density at radius 3 is 2.14 bits per heavy atom. The molecule has 1 atom stereocenters. The van der Waals surface area contributed by atoms with Gasteiger partial charge in [0.1, 0.15) is 0 Å². The summed E-state index contributed by atoms with van der Waals surface area (Å²) in [6.45, 7) is 9.48. The lowest BCUT2D eigenvalue weighted by atomic mass is 10.0. The zero-order valence-electron chi connectivity index (χ0n) is 13.6. The molecule has 2 N–H and O–H groups in total. The van der Waals surface area contributed by atoms with Crippen LogP contribution < -0.4 is 10.6 Å². The van der Waals surface area contributed by atoms with Crippen molar-refractivity contribution in [1.29, 1.82) is 0 Å². The molecule has 1 unspecified atom stereocenters. The van der Waals surface area contributed by atoms with E-state index in [4.69, 9.17) is 5.73 Å². The molecule has 2 aromatic carbocycles. The predicted octanol–water partition coefficient (Wildman–Crippen LogP) is 4.35. The van der Waals surface area contributed by atoms with Crippen molar-refractivity contribution in [2.75, 3.05) is 11.4 Å². The maximum Gasteiger partial charge on any atom is 0.0413 e. The highest BCUT2D eigenvalue weighted by Gasteiger charge is 2.09. The molecule has 0 saturated heterocycles. The Bertz CT molecular complexity index is 585. The smallest absolute Gasteiger partial charge is 0.0413 e. The average Bonchev–Trinajstić information content (AvgIpc) is 2.44. The highest BCUT2D eigenvalue weighted by molar-refractivity contribution is 5.64. The zero-order chi connectivity index (χ0) is 15.4. The van der Waals surface area contributed by atoms with E-state index < -0.39 is 0 Å². The van der Waals surface area contributed by atoms with E-state index in [1.807, 2.05) is 0 Å². The molecule has 0 aliphatic rings. The lowest BCUT2D eigenvalue weighted by Gasteiger charge is -2.24. The van der Waals surface area contributed by atoms with E-state index >= 15 is 0 Å². The van der Waals surface area contributed by atoms with Gasteiger partial charge in [0.15, 0.2) is 0 Å². The molecule has 0 bridgehead atoms. The van der Waals surface area contributed by atoms with Crippen molar-refractivity contribution >= 4 is 11.4 Å². The summed E-state index contributed by atoms with van der Waals surface area (Å²) in [6, 6.07) is 15.6.